The zero-order valence-electron chi connectivity index (χ0n) is 15.0. The van der Waals surface area contributed by atoms with Crippen LogP contribution in [0, 0.1) is 0 Å². The normalized spacial score (nSPS) is 10.7. The van der Waals surface area contributed by atoms with Gasteiger partial charge in [-0.05, 0) is 29.8 Å². The molecule has 0 aliphatic rings. The molecule has 4 heteroatoms. The highest BCUT2D eigenvalue weighted by molar-refractivity contribution is 6.07. The number of hydrogen-bond acceptors (Lipinski definition) is 3. The van der Waals surface area contributed by atoms with Gasteiger partial charge in [0.2, 0.25) is 5.69 Å². The molecule has 4 aromatic rings. The third kappa shape index (κ3) is 3.17. The lowest BCUT2D eigenvalue weighted by atomic mass is 10.0. The van der Waals surface area contributed by atoms with Gasteiger partial charge in [0.15, 0.2) is 0 Å². The minimum absolute atomic E-state index is 0.315. The Kier molecular flexibility index (Phi) is 4.62. The average Bonchev–Trinajstić information content (AvgIpc) is 2.73. The molecule has 0 bridgehead atoms. The van der Waals surface area contributed by atoms with E-state index in [1.54, 1.807) is 0 Å². The monoisotopic (exact) mass is 355 g/mol. The topological polar surface area (TPSA) is 43.1 Å². The van der Waals surface area contributed by atoms with E-state index in [0.29, 0.717) is 12.2 Å². The highest BCUT2D eigenvalue weighted by atomic mass is 16.5. The molecule has 4 nitrogen and oxygen atoms in total. The molecular weight excluding hydrogens is 336 g/mol. The predicted octanol–water partition coefficient (Wildman–Crippen LogP) is 4.36. The highest BCUT2D eigenvalue weighted by Crippen LogP contribution is 2.27. The summed E-state index contributed by atoms with van der Waals surface area (Å²) in [5, 5.41) is 5.61. The first kappa shape index (κ1) is 16.9. The van der Waals surface area contributed by atoms with Crippen LogP contribution in [0.2, 0.25) is 0 Å². The van der Waals surface area contributed by atoms with E-state index >= 15 is 0 Å². The van der Waals surface area contributed by atoms with Crippen molar-refractivity contribution in [1.82, 2.24) is 5.10 Å². The highest BCUT2D eigenvalue weighted by Gasteiger charge is 2.30. The van der Waals surface area contributed by atoms with Crippen molar-refractivity contribution in [1.29, 1.82) is 0 Å². The van der Waals surface area contributed by atoms with Crippen LogP contribution in [0.15, 0.2) is 84.9 Å². The predicted molar refractivity (Wildman–Crippen MR) is 105 cm³/mol. The summed E-state index contributed by atoms with van der Waals surface area (Å²) >= 11 is 0. The number of ether oxygens (including phenoxy) is 1. The summed E-state index contributed by atoms with van der Waals surface area (Å²) in [6, 6.07) is 27.3. The molecule has 1 aromatic heterocycles. The van der Waals surface area contributed by atoms with Crippen molar-refractivity contribution in [3.8, 4) is 16.9 Å². The Labute approximate surface area is 157 Å². The van der Waals surface area contributed by atoms with Crippen molar-refractivity contribution in [2.75, 3.05) is 6.61 Å². The smallest absolute Gasteiger partial charge is 0.345 e. The zero-order chi connectivity index (χ0) is 18.6. The number of carbonyl (C=O) groups is 1. The van der Waals surface area contributed by atoms with Crippen molar-refractivity contribution in [2.45, 2.75) is 6.92 Å². The first-order valence-corrected chi connectivity index (χ1v) is 8.92. The van der Waals surface area contributed by atoms with E-state index in [-0.39, 0.29) is 5.97 Å². The molecule has 0 atom stereocenters. The van der Waals surface area contributed by atoms with Gasteiger partial charge < -0.3 is 4.74 Å². The van der Waals surface area contributed by atoms with Crippen molar-refractivity contribution in [3.05, 3.63) is 90.5 Å². The van der Waals surface area contributed by atoms with Gasteiger partial charge in [-0.2, -0.15) is 0 Å². The maximum absolute atomic E-state index is 13.0. The standard InChI is InChI=1S/C23H19N2O2/c1-2-27-23(26)21-19-15-9-10-16-20(19)24-25(18-13-7-4-8-14-18)22(21)17-11-5-3-6-12-17/h3-16H,2H2,1H3/q+1. The number of fused-ring (bicyclic) bond motifs is 1. The number of esters is 1. The van der Waals surface area contributed by atoms with Gasteiger partial charge in [-0.25, -0.2) is 4.79 Å². The Bertz CT molecular complexity index is 1090. The van der Waals surface area contributed by atoms with Gasteiger partial charge in [0.25, 0.3) is 5.69 Å². The van der Waals surface area contributed by atoms with Crippen molar-refractivity contribution in [2.24, 2.45) is 0 Å². The molecule has 0 amide bonds. The van der Waals surface area contributed by atoms with Crippen LogP contribution in [0.5, 0.6) is 0 Å². The Hall–Kier alpha value is -3.53. The molecule has 1 heterocycles. The van der Waals surface area contributed by atoms with E-state index in [1.807, 2.05) is 96.5 Å². The number of aromatic nitrogens is 2. The van der Waals surface area contributed by atoms with Gasteiger partial charge in [-0.1, -0.05) is 54.6 Å². The number of benzene rings is 3. The first-order chi connectivity index (χ1) is 13.3. The number of hydrogen-bond donors (Lipinski definition) is 0. The molecule has 4 rings (SSSR count). The maximum Gasteiger partial charge on any atom is 0.345 e. The first-order valence-electron chi connectivity index (χ1n) is 8.92. The molecule has 0 N–H and O–H groups in total. The van der Waals surface area contributed by atoms with Gasteiger partial charge in [0.05, 0.1) is 12.2 Å². The number of para-hydroxylation sites is 1. The lowest BCUT2D eigenvalue weighted by molar-refractivity contribution is -0.646. The van der Waals surface area contributed by atoms with Crippen LogP contribution in [0.4, 0.5) is 0 Å². The van der Waals surface area contributed by atoms with Crippen LogP contribution >= 0.6 is 0 Å². The van der Waals surface area contributed by atoms with Crippen LogP contribution in [-0.4, -0.2) is 17.7 Å². The maximum atomic E-state index is 13.0. The third-order valence-corrected chi connectivity index (χ3v) is 4.36. The molecule has 0 saturated carbocycles. The molecule has 0 spiro atoms. The minimum Gasteiger partial charge on any atom is -0.462 e. The number of rotatable bonds is 4. The summed E-state index contributed by atoms with van der Waals surface area (Å²) in [4.78, 5) is 13.0. The average molecular weight is 355 g/mol. The largest absolute Gasteiger partial charge is 0.462 e. The fourth-order valence-electron chi connectivity index (χ4n) is 3.19. The molecule has 0 radical (unpaired) electrons. The van der Waals surface area contributed by atoms with Crippen LogP contribution in [0.3, 0.4) is 0 Å². The molecule has 132 valence electrons. The van der Waals surface area contributed by atoms with Crippen molar-refractivity contribution < 1.29 is 14.2 Å². The fraction of sp³-hybridized carbons (Fsp3) is 0.0870. The van der Waals surface area contributed by atoms with Gasteiger partial charge in [-0.15, -0.1) is 0 Å². The molecule has 0 aliphatic heterocycles. The Morgan fingerprint density at radius 1 is 0.889 bits per heavy atom. The molecule has 0 aliphatic carbocycles. The van der Waals surface area contributed by atoms with Crippen LogP contribution < -0.4 is 4.68 Å². The van der Waals surface area contributed by atoms with E-state index < -0.39 is 0 Å². The molecule has 0 unspecified atom stereocenters. The lowest BCUT2D eigenvalue weighted by Crippen LogP contribution is -2.39. The second-order valence-corrected chi connectivity index (χ2v) is 6.07. The summed E-state index contributed by atoms with van der Waals surface area (Å²) in [6.07, 6.45) is 0. The molecular formula is C23H19N2O2+. The summed E-state index contributed by atoms with van der Waals surface area (Å²) in [5.41, 5.74) is 3.77. The van der Waals surface area contributed by atoms with E-state index in [2.05, 4.69) is 0 Å². The van der Waals surface area contributed by atoms with Gasteiger partial charge in [-0.3, -0.25) is 0 Å². The van der Waals surface area contributed by atoms with Crippen LogP contribution in [-0.2, 0) is 4.74 Å². The Morgan fingerprint density at radius 3 is 2.22 bits per heavy atom. The number of nitrogens with zero attached hydrogens (tertiary/aromatic N) is 2. The summed E-state index contributed by atoms with van der Waals surface area (Å²) in [7, 11) is 0. The van der Waals surface area contributed by atoms with Gasteiger partial charge in [0.1, 0.15) is 11.1 Å². The van der Waals surface area contributed by atoms with Gasteiger partial charge >= 0.3 is 5.97 Å². The van der Waals surface area contributed by atoms with Crippen molar-refractivity contribution in [3.63, 3.8) is 0 Å². The van der Waals surface area contributed by atoms with Crippen LogP contribution in [0.1, 0.15) is 17.3 Å². The summed E-state index contributed by atoms with van der Waals surface area (Å²) in [5.74, 6) is -0.348. The Morgan fingerprint density at radius 2 is 1.52 bits per heavy atom. The lowest BCUT2D eigenvalue weighted by Gasteiger charge is -2.10. The van der Waals surface area contributed by atoms with Crippen LogP contribution in [0.25, 0.3) is 27.8 Å². The minimum atomic E-state index is -0.348. The summed E-state index contributed by atoms with van der Waals surface area (Å²) < 4.78 is 7.23. The van der Waals surface area contributed by atoms with E-state index in [4.69, 9.17) is 9.84 Å². The van der Waals surface area contributed by atoms with E-state index in [1.165, 1.54) is 0 Å². The van der Waals surface area contributed by atoms with E-state index in [0.717, 1.165) is 27.8 Å². The SMILES string of the molecule is CCOC(=O)c1c(-c2ccccc2)[n+](-c2ccccc2)nc2ccccc12. The van der Waals surface area contributed by atoms with E-state index in [9.17, 15) is 4.79 Å². The van der Waals surface area contributed by atoms with Gasteiger partial charge in [0, 0.05) is 22.6 Å². The molecule has 0 fully saturated rings. The third-order valence-electron chi connectivity index (χ3n) is 4.36. The quantitative estimate of drug-likeness (QED) is 0.404. The molecule has 27 heavy (non-hydrogen) atoms. The zero-order valence-corrected chi connectivity index (χ0v) is 15.0. The summed E-state index contributed by atoms with van der Waals surface area (Å²) in [6.45, 7) is 2.13. The Balaban J connectivity index is 2.14. The molecule has 3 aromatic carbocycles. The fourth-order valence-corrected chi connectivity index (χ4v) is 3.19. The second kappa shape index (κ2) is 7.38. The number of carbonyl (C=O) groups excluding carboxylic acids is 1. The second-order valence-electron chi connectivity index (χ2n) is 6.07. The van der Waals surface area contributed by atoms with Crippen molar-refractivity contribution >= 4 is 16.9 Å². The molecule has 0 saturated heterocycles.